The number of carbonyl (C=O) groups is 3. The number of anilines is 2. The molecule has 2 aliphatic heterocycles. The average Bonchev–Trinajstić information content (AvgIpc) is 3.58. The van der Waals surface area contributed by atoms with Gasteiger partial charge in [0.1, 0.15) is 0 Å². The van der Waals surface area contributed by atoms with E-state index in [1.807, 2.05) is 42.5 Å². The van der Waals surface area contributed by atoms with Gasteiger partial charge in [0.2, 0.25) is 0 Å². The molecule has 2 amide bonds. The van der Waals surface area contributed by atoms with Gasteiger partial charge in [-0.15, -0.1) is 5.10 Å². The summed E-state index contributed by atoms with van der Waals surface area (Å²) in [6, 6.07) is 16.7. The van der Waals surface area contributed by atoms with Crippen LogP contribution in [0.5, 0.6) is 0 Å². The second-order valence-corrected chi connectivity index (χ2v) is 11.8. The Morgan fingerprint density at radius 2 is 1.63 bits per heavy atom. The minimum atomic E-state index is -0.804. The molecule has 1 N–H and O–H groups in total. The van der Waals surface area contributed by atoms with Gasteiger partial charge in [-0.1, -0.05) is 30.3 Å². The van der Waals surface area contributed by atoms with Crippen molar-refractivity contribution < 1.29 is 23.9 Å². The van der Waals surface area contributed by atoms with Gasteiger partial charge in [0.25, 0.3) is 11.8 Å². The molecule has 43 heavy (non-hydrogen) atoms. The maximum absolute atomic E-state index is 13.5. The zero-order valence-electron chi connectivity index (χ0n) is 25.5. The number of nitrogens with one attached hydrogen (secondary N) is 1. The summed E-state index contributed by atoms with van der Waals surface area (Å²) >= 11 is 0. The number of ether oxygens (including phenoxy) is 2. The summed E-state index contributed by atoms with van der Waals surface area (Å²) in [6.45, 7) is 12.7. The summed E-state index contributed by atoms with van der Waals surface area (Å²) < 4.78 is 11.9. The summed E-state index contributed by atoms with van der Waals surface area (Å²) in [7, 11) is 1.49. The Labute approximate surface area is 252 Å². The zero-order valence-corrected chi connectivity index (χ0v) is 25.5. The number of methoxy groups -OCH3 is 1. The third-order valence-corrected chi connectivity index (χ3v) is 8.05. The summed E-state index contributed by atoms with van der Waals surface area (Å²) in [5.74, 6) is -0.389. The van der Waals surface area contributed by atoms with Crippen molar-refractivity contribution in [3.8, 4) is 0 Å². The predicted octanol–water partition coefficient (Wildman–Crippen LogP) is 4.29. The van der Waals surface area contributed by atoms with Gasteiger partial charge in [0.05, 0.1) is 25.4 Å². The van der Waals surface area contributed by atoms with Crippen LogP contribution in [0.25, 0.3) is 0 Å². The van der Waals surface area contributed by atoms with Gasteiger partial charge in [-0.2, -0.15) is 4.68 Å². The van der Waals surface area contributed by atoms with E-state index in [4.69, 9.17) is 9.47 Å². The first-order chi connectivity index (χ1) is 20.6. The fraction of sp³-hybridized carbons (Fsp3) is 0.438. The third-order valence-electron chi connectivity index (χ3n) is 8.05. The van der Waals surface area contributed by atoms with E-state index >= 15 is 0 Å². The minimum absolute atomic E-state index is 0.125. The van der Waals surface area contributed by atoms with Crippen LogP contribution in [0.15, 0.2) is 54.6 Å². The minimum Gasteiger partial charge on any atom is -0.448 e. The largest absolute Gasteiger partial charge is 0.448 e. The molecule has 0 spiro atoms. The first-order valence-corrected chi connectivity index (χ1v) is 14.7. The van der Waals surface area contributed by atoms with Crippen LogP contribution in [0.2, 0.25) is 0 Å². The monoisotopic (exact) mass is 588 g/mol. The molecule has 1 saturated heterocycles. The third kappa shape index (κ3) is 6.42. The highest BCUT2D eigenvalue weighted by molar-refractivity contribution is 6.04. The summed E-state index contributed by atoms with van der Waals surface area (Å²) in [4.78, 5) is 46.0. The Morgan fingerprint density at radius 1 is 0.953 bits per heavy atom. The quantitative estimate of drug-likeness (QED) is 0.436. The maximum atomic E-state index is 13.5. The number of piperazine rings is 1. The zero-order chi connectivity index (χ0) is 30.7. The molecule has 3 heterocycles. The fourth-order valence-electron chi connectivity index (χ4n) is 5.65. The van der Waals surface area contributed by atoms with Crippen LogP contribution in [0, 0.1) is 0 Å². The van der Waals surface area contributed by atoms with E-state index in [2.05, 4.69) is 41.0 Å². The number of carbonyl (C=O) groups excluding carboxylic acids is 3. The number of fused-ring (bicyclic) bond motifs is 1. The number of benzene rings is 2. The number of hydrogen-bond acceptors (Lipinski definition) is 8. The van der Waals surface area contributed by atoms with Crippen LogP contribution in [-0.2, 0) is 27.4 Å². The van der Waals surface area contributed by atoms with Gasteiger partial charge in [-0.05, 0) is 57.5 Å². The first kappa shape index (κ1) is 30.2. The lowest BCUT2D eigenvalue weighted by atomic mass is 10.0. The smallest absolute Gasteiger partial charge is 0.435 e. The van der Waals surface area contributed by atoms with Crippen LogP contribution in [0.3, 0.4) is 0 Å². The highest BCUT2D eigenvalue weighted by atomic mass is 16.6. The molecular weight excluding hydrogens is 548 g/mol. The van der Waals surface area contributed by atoms with Crippen molar-refractivity contribution >= 4 is 29.4 Å². The average molecular weight is 589 g/mol. The van der Waals surface area contributed by atoms with E-state index in [1.54, 1.807) is 24.0 Å². The molecule has 11 nitrogen and oxygen atoms in total. The SMILES string of the molecule is CCOC(=O)n1nc(NC(=O)c2ccc(N3CCN(C(C)(C)C)CC3)cc2)c2c1CN(C(=O)[C@H](OC)c1ccccc1)C2. The number of amides is 2. The van der Waals surface area contributed by atoms with Crippen LogP contribution in [0.1, 0.15) is 61.0 Å². The van der Waals surface area contributed by atoms with Crippen LogP contribution in [-0.4, -0.2) is 82.9 Å². The van der Waals surface area contributed by atoms with Crippen molar-refractivity contribution in [1.29, 1.82) is 0 Å². The van der Waals surface area contributed by atoms with Crippen molar-refractivity contribution in [3.05, 3.63) is 77.0 Å². The molecule has 3 aromatic rings. The molecule has 2 aliphatic rings. The number of hydrogen-bond donors (Lipinski definition) is 1. The Bertz CT molecular complexity index is 1460. The van der Waals surface area contributed by atoms with Crippen LogP contribution in [0.4, 0.5) is 16.3 Å². The van der Waals surface area contributed by atoms with E-state index in [9.17, 15) is 14.4 Å². The molecule has 0 aliphatic carbocycles. The second-order valence-electron chi connectivity index (χ2n) is 11.8. The molecule has 1 atom stereocenters. The lowest BCUT2D eigenvalue weighted by Crippen LogP contribution is -2.53. The van der Waals surface area contributed by atoms with Gasteiger partial charge in [-0.3, -0.25) is 14.5 Å². The van der Waals surface area contributed by atoms with Gasteiger partial charge >= 0.3 is 6.09 Å². The molecule has 228 valence electrons. The Hall–Kier alpha value is -4.22. The van der Waals surface area contributed by atoms with Crippen molar-refractivity contribution in [2.75, 3.05) is 50.1 Å². The molecule has 0 saturated carbocycles. The van der Waals surface area contributed by atoms with Gasteiger partial charge in [0, 0.05) is 55.6 Å². The Morgan fingerprint density at radius 3 is 2.23 bits per heavy atom. The highest BCUT2D eigenvalue weighted by Crippen LogP contribution is 2.33. The summed E-state index contributed by atoms with van der Waals surface area (Å²) in [5, 5.41) is 7.24. The number of aromatic nitrogens is 2. The summed E-state index contributed by atoms with van der Waals surface area (Å²) in [6.07, 6.45) is -1.47. The highest BCUT2D eigenvalue weighted by Gasteiger charge is 2.36. The molecule has 0 unspecified atom stereocenters. The van der Waals surface area contributed by atoms with Gasteiger partial charge in [-0.25, -0.2) is 4.79 Å². The maximum Gasteiger partial charge on any atom is 0.435 e. The molecule has 11 heteroatoms. The Balaban J connectivity index is 1.31. The normalized spacial score (nSPS) is 16.1. The van der Waals surface area contributed by atoms with Crippen molar-refractivity contribution in [1.82, 2.24) is 19.6 Å². The van der Waals surface area contributed by atoms with E-state index in [0.717, 1.165) is 42.1 Å². The standard InChI is InChI=1S/C32H40N6O5/c1-6-43-31(41)38-26-21-36(30(40)27(42-5)22-10-8-7-9-11-22)20-25(26)28(34-38)33-29(39)23-12-14-24(15-13-23)35-16-18-37(19-17-35)32(2,3)4/h7-15,27H,6,16-21H2,1-5H3,(H,33,34,39)/t27-/m1/s1. The van der Waals surface area contributed by atoms with Gasteiger partial charge in [0.15, 0.2) is 11.9 Å². The molecule has 0 radical (unpaired) electrons. The van der Waals surface area contributed by atoms with Crippen molar-refractivity contribution in [2.45, 2.75) is 52.4 Å². The Kier molecular flexibility index (Phi) is 8.84. The van der Waals surface area contributed by atoms with Crippen molar-refractivity contribution in [3.63, 3.8) is 0 Å². The van der Waals surface area contributed by atoms with E-state index in [1.165, 1.54) is 7.11 Å². The van der Waals surface area contributed by atoms with Gasteiger partial charge < -0.3 is 24.6 Å². The topological polar surface area (TPSA) is 109 Å². The van der Waals surface area contributed by atoms with Crippen LogP contribution < -0.4 is 10.2 Å². The van der Waals surface area contributed by atoms with E-state index in [0.29, 0.717) is 16.8 Å². The molecule has 2 aromatic carbocycles. The number of nitrogens with zero attached hydrogens (tertiary/aromatic N) is 5. The fourth-order valence-corrected chi connectivity index (χ4v) is 5.65. The van der Waals surface area contributed by atoms with E-state index in [-0.39, 0.29) is 42.9 Å². The molecule has 0 bridgehead atoms. The molecular formula is C32H40N6O5. The molecule has 1 aromatic heterocycles. The molecule has 5 rings (SSSR count). The van der Waals surface area contributed by atoms with Crippen LogP contribution >= 0.6 is 0 Å². The lowest BCUT2D eigenvalue weighted by molar-refractivity contribution is -0.143. The first-order valence-electron chi connectivity index (χ1n) is 14.7. The predicted molar refractivity (Wildman–Crippen MR) is 163 cm³/mol. The second kappa shape index (κ2) is 12.6. The summed E-state index contributed by atoms with van der Waals surface area (Å²) in [5.41, 5.74) is 3.49. The number of rotatable bonds is 7. The van der Waals surface area contributed by atoms with Crippen molar-refractivity contribution in [2.24, 2.45) is 0 Å². The lowest BCUT2D eigenvalue weighted by Gasteiger charge is -2.43. The van der Waals surface area contributed by atoms with E-state index < -0.39 is 12.2 Å². The molecule has 1 fully saturated rings.